The highest BCUT2D eigenvalue weighted by Crippen LogP contribution is 2.28. The molecule has 1 N–H and O–H groups in total. The molecular weight excluding hydrogens is 238 g/mol. The quantitative estimate of drug-likeness (QED) is 0.891. The summed E-state index contributed by atoms with van der Waals surface area (Å²) < 4.78 is 1.85. The zero-order valence-electron chi connectivity index (χ0n) is 10.6. The fourth-order valence-corrected chi connectivity index (χ4v) is 2.68. The summed E-state index contributed by atoms with van der Waals surface area (Å²) in [5, 5.41) is 14.3. The second-order valence-electron chi connectivity index (χ2n) is 5.16. The molecule has 0 radical (unpaired) electrons. The van der Waals surface area contributed by atoms with Gasteiger partial charge >= 0.3 is 0 Å². The van der Waals surface area contributed by atoms with E-state index in [9.17, 15) is 5.11 Å². The Balaban J connectivity index is 1.91. The number of aliphatic hydroxyl groups excluding tert-OH is 1. The fourth-order valence-electron chi connectivity index (χ4n) is 2.46. The number of aliphatic hydroxyl groups is 1. The van der Waals surface area contributed by atoms with Crippen molar-refractivity contribution in [2.75, 3.05) is 13.6 Å². The van der Waals surface area contributed by atoms with Crippen LogP contribution in [0.4, 0.5) is 0 Å². The van der Waals surface area contributed by atoms with Crippen LogP contribution in [0.3, 0.4) is 0 Å². The van der Waals surface area contributed by atoms with Gasteiger partial charge in [-0.15, -0.1) is 0 Å². The lowest BCUT2D eigenvalue weighted by Crippen LogP contribution is -2.37. The van der Waals surface area contributed by atoms with Crippen molar-refractivity contribution in [1.29, 1.82) is 0 Å². The monoisotopic (exact) mass is 257 g/mol. The Morgan fingerprint density at radius 1 is 1.53 bits per heavy atom. The van der Waals surface area contributed by atoms with E-state index in [1.165, 1.54) is 0 Å². The van der Waals surface area contributed by atoms with Gasteiger partial charge in [-0.2, -0.15) is 5.10 Å². The van der Waals surface area contributed by atoms with Crippen LogP contribution in [0, 0.1) is 12.8 Å². The van der Waals surface area contributed by atoms with E-state index in [1.807, 2.05) is 18.7 Å². The van der Waals surface area contributed by atoms with Crippen LogP contribution in [0.2, 0.25) is 5.02 Å². The van der Waals surface area contributed by atoms with Crippen molar-refractivity contribution in [3.8, 4) is 0 Å². The predicted molar refractivity (Wildman–Crippen MR) is 68.0 cm³/mol. The average Bonchev–Trinajstić information content (AvgIpc) is 2.43. The summed E-state index contributed by atoms with van der Waals surface area (Å²) in [6.45, 7) is 3.74. The summed E-state index contributed by atoms with van der Waals surface area (Å²) in [5.74, 6) is 0.628. The Hall–Kier alpha value is -0.580. The third kappa shape index (κ3) is 2.81. The molecule has 1 aromatic heterocycles. The molecule has 5 heteroatoms. The molecule has 0 aliphatic heterocycles. The molecule has 0 amide bonds. The van der Waals surface area contributed by atoms with Crippen molar-refractivity contribution in [3.63, 3.8) is 0 Å². The Kier molecular flexibility index (Phi) is 3.76. The van der Waals surface area contributed by atoms with Gasteiger partial charge in [0.15, 0.2) is 0 Å². The number of aromatic nitrogens is 2. The summed E-state index contributed by atoms with van der Waals surface area (Å²) in [6.07, 6.45) is 1.79. The van der Waals surface area contributed by atoms with Crippen molar-refractivity contribution in [2.45, 2.75) is 32.4 Å². The van der Waals surface area contributed by atoms with Gasteiger partial charge in [0.2, 0.25) is 0 Å². The lowest BCUT2D eigenvalue weighted by molar-refractivity contribution is 0.0271. The number of hydrogen-bond donors (Lipinski definition) is 1. The van der Waals surface area contributed by atoms with Crippen molar-refractivity contribution in [2.24, 2.45) is 13.0 Å². The van der Waals surface area contributed by atoms with Crippen LogP contribution in [-0.4, -0.2) is 39.5 Å². The molecule has 0 bridgehead atoms. The molecule has 1 aromatic rings. The largest absolute Gasteiger partial charge is 0.393 e. The van der Waals surface area contributed by atoms with Gasteiger partial charge in [-0.1, -0.05) is 11.6 Å². The standard InChI is InChI=1S/C12H20ClN3O/c1-8-12(13)11(16(3)14-8)7-15(2)6-9-4-10(17)5-9/h9-10,17H,4-7H2,1-3H3. The van der Waals surface area contributed by atoms with E-state index >= 15 is 0 Å². The van der Waals surface area contributed by atoms with E-state index < -0.39 is 0 Å². The van der Waals surface area contributed by atoms with Gasteiger partial charge in [0.25, 0.3) is 0 Å². The lowest BCUT2D eigenvalue weighted by Gasteiger charge is -2.34. The highest BCUT2D eigenvalue weighted by Gasteiger charge is 2.28. The first-order valence-electron chi connectivity index (χ1n) is 6.02. The number of nitrogens with zero attached hydrogens (tertiary/aromatic N) is 3. The van der Waals surface area contributed by atoms with Gasteiger partial charge in [0.05, 0.1) is 22.5 Å². The van der Waals surface area contributed by atoms with Gasteiger partial charge in [0, 0.05) is 20.1 Å². The van der Waals surface area contributed by atoms with E-state index in [0.29, 0.717) is 5.92 Å². The summed E-state index contributed by atoms with van der Waals surface area (Å²) in [6, 6.07) is 0. The SMILES string of the molecule is Cc1nn(C)c(CN(C)CC2CC(O)C2)c1Cl. The molecule has 4 nitrogen and oxygen atoms in total. The first-order valence-corrected chi connectivity index (χ1v) is 6.39. The molecule has 1 aliphatic carbocycles. The first-order chi connectivity index (χ1) is 7.97. The Bertz CT molecular complexity index is 399. The molecule has 0 spiro atoms. The Morgan fingerprint density at radius 2 is 2.18 bits per heavy atom. The average molecular weight is 258 g/mol. The van der Waals surface area contributed by atoms with E-state index in [1.54, 1.807) is 0 Å². The number of halogens is 1. The molecule has 1 saturated carbocycles. The maximum atomic E-state index is 9.26. The van der Waals surface area contributed by atoms with Gasteiger partial charge in [-0.05, 0) is 32.7 Å². The number of hydrogen-bond acceptors (Lipinski definition) is 3. The van der Waals surface area contributed by atoms with E-state index in [-0.39, 0.29) is 6.10 Å². The van der Waals surface area contributed by atoms with E-state index in [2.05, 4.69) is 17.0 Å². The molecule has 1 aliphatic rings. The van der Waals surface area contributed by atoms with Crippen LogP contribution >= 0.6 is 11.6 Å². The van der Waals surface area contributed by atoms with Crippen LogP contribution in [0.25, 0.3) is 0 Å². The molecular formula is C12H20ClN3O. The van der Waals surface area contributed by atoms with Crippen LogP contribution in [0.5, 0.6) is 0 Å². The minimum Gasteiger partial charge on any atom is -0.393 e. The molecule has 1 heterocycles. The lowest BCUT2D eigenvalue weighted by atomic mass is 9.82. The summed E-state index contributed by atoms with van der Waals surface area (Å²) in [7, 11) is 4.01. The minimum absolute atomic E-state index is 0.0732. The second kappa shape index (κ2) is 4.96. The van der Waals surface area contributed by atoms with Gasteiger partial charge in [0.1, 0.15) is 0 Å². The zero-order valence-corrected chi connectivity index (χ0v) is 11.4. The molecule has 0 aromatic carbocycles. The van der Waals surface area contributed by atoms with Crippen molar-refractivity contribution in [3.05, 3.63) is 16.4 Å². The molecule has 0 saturated heterocycles. The highest BCUT2D eigenvalue weighted by molar-refractivity contribution is 6.31. The maximum absolute atomic E-state index is 9.26. The third-order valence-electron chi connectivity index (χ3n) is 3.46. The molecule has 17 heavy (non-hydrogen) atoms. The summed E-state index contributed by atoms with van der Waals surface area (Å²) in [4.78, 5) is 2.25. The summed E-state index contributed by atoms with van der Waals surface area (Å²) >= 11 is 6.22. The van der Waals surface area contributed by atoms with Crippen LogP contribution < -0.4 is 0 Å². The first kappa shape index (κ1) is 12.9. The van der Waals surface area contributed by atoms with Crippen LogP contribution in [0.15, 0.2) is 0 Å². The zero-order chi connectivity index (χ0) is 12.6. The summed E-state index contributed by atoms with van der Waals surface area (Å²) in [5.41, 5.74) is 1.95. The van der Waals surface area contributed by atoms with Crippen LogP contribution in [0.1, 0.15) is 24.2 Å². The molecule has 1 fully saturated rings. The Labute approximate surface area is 107 Å². The van der Waals surface area contributed by atoms with E-state index in [4.69, 9.17) is 11.6 Å². The minimum atomic E-state index is -0.0732. The third-order valence-corrected chi connectivity index (χ3v) is 3.95. The van der Waals surface area contributed by atoms with Crippen molar-refractivity contribution >= 4 is 11.6 Å². The number of aryl methyl sites for hydroxylation is 2. The van der Waals surface area contributed by atoms with Gasteiger partial charge < -0.3 is 10.0 Å². The predicted octanol–water partition coefficient (Wildman–Crippen LogP) is 1.58. The Morgan fingerprint density at radius 3 is 2.65 bits per heavy atom. The van der Waals surface area contributed by atoms with Gasteiger partial charge in [-0.25, -0.2) is 0 Å². The molecule has 0 unspecified atom stereocenters. The molecule has 2 rings (SSSR count). The van der Waals surface area contributed by atoms with E-state index in [0.717, 1.165) is 42.3 Å². The highest BCUT2D eigenvalue weighted by atomic mass is 35.5. The maximum Gasteiger partial charge on any atom is 0.0860 e. The van der Waals surface area contributed by atoms with Crippen LogP contribution in [-0.2, 0) is 13.6 Å². The number of rotatable bonds is 4. The van der Waals surface area contributed by atoms with Crippen molar-refractivity contribution in [1.82, 2.24) is 14.7 Å². The molecule has 96 valence electrons. The normalized spacial score (nSPS) is 24.1. The molecule has 0 atom stereocenters. The second-order valence-corrected chi connectivity index (χ2v) is 5.54. The smallest absolute Gasteiger partial charge is 0.0860 e. The fraction of sp³-hybridized carbons (Fsp3) is 0.750. The van der Waals surface area contributed by atoms with Crippen molar-refractivity contribution < 1.29 is 5.11 Å². The topological polar surface area (TPSA) is 41.3 Å². The van der Waals surface area contributed by atoms with Gasteiger partial charge in [-0.3, -0.25) is 4.68 Å².